The minimum absolute atomic E-state index is 0.124. The fourth-order valence-corrected chi connectivity index (χ4v) is 2.38. The predicted molar refractivity (Wildman–Crippen MR) is 80.1 cm³/mol. The number of hydrogen-bond donors (Lipinski definition) is 0. The molecule has 8 heteroatoms. The monoisotopic (exact) mass is 329 g/mol. The number of aromatic nitrogens is 3. The highest BCUT2D eigenvalue weighted by Gasteiger charge is 2.16. The Bertz CT molecular complexity index is 1130. The maximum atomic E-state index is 13.8. The average molecular weight is 329 g/mol. The van der Waals surface area contributed by atoms with Crippen LogP contribution in [0.4, 0.5) is 8.78 Å². The van der Waals surface area contributed by atoms with E-state index in [1.165, 1.54) is 4.57 Å². The van der Waals surface area contributed by atoms with Gasteiger partial charge in [-0.05, 0) is 36.4 Å². The van der Waals surface area contributed by atoms with Crippen LogP contribution in [-0.4, -0.2) is 14.7 Å². The van der Waals surface area contributed by atoms with Crippen molar-refractivity contribution in [1.82, 2.24) is 14.7 Å². The summed E-state index contributed by atoms with van der Waals surface area (Å²) in [5, 5.41) is 3.77. The molecule has 0 fully saturated rings. The number of rotatable bonds is 2. The van der Waals surface area contributed by atoms with Gasteiger partial charge in [0.25, 0.3) is 5.89 Å². The molecule has 0 N–H and O–H groups in total. The van der Waals surface area contributed by atoms with E-state index < -0.39 is 17.4 Å². The zero-order chi connectivity index (χ0) is 16.8. The number of oxazole rings is 1. The van der Waals surface area contributed by atoms with Crippen LogP contribution in [0.3, 0.4) is 0 Å². The van der Waals surface area contributed by atoms with Crippen molar-refractivity contribution < 1.29 is 17.7 Å². The Hall–Kier alpha value is -3.29. The summed E-state index contributed by atoms with van der Waals surface area (Å²) in [5.41, 5.74) is 1.37. The van der Waals surface area contributed by atoms with Crippen LogP contribution >= 0.6 is 0 Å². The van der Waals surface area contributed by atoms with Crippen molar-refractivity contribution in [1.29, 1.82) is 0 Å². The molecule has 0 atom stereocenters. The maximum Gasteiger partial charge on any atom is 0.419 e. The van der Waals surface area contributed by atoms with E-state index in [1.807, 2.05) is 0 Å². The third-order valence-electron chi connectivity index (χ3n) is 3.64. The Morgan fingerprint density at radius 3 is 2.79 bits per heavy atom. The average Bonchev–Trinajstić information content (AvgIpc) is 3.15. The minimum atomic E-state index is -0.670. The first kappa shape index (κ1) is 14.3. The van der Waals surface area contributed by atoms with Crippen molar-refractivity contribution in [3.63, 3.8) is 0 Å². The van der Waals surface area contributed by atoms with Crippen molar-refractivity contribution in [3.05, 3.63) is 58.6 Å². The summed E-state index contributed by atoms with van der Waals surface area (Å²) in [4.78, 5) is 15.6. The lowest BCUT2D eigenvalue weighted by Gasteiger charge is -1.97. The number of halogens is 2. The van der Waals surface area contributed by atoms with Crippen LogP contribution in [0.5, 0.6) is 0 Å². The summed E-state index contributed by atoms with van der Waals surface area (Å²) >= 11 is 0. The van der Waals surface area contributed by atoms with E-state index in [9.17, 15) is 13.6 Å². The quantitative estimate of drug-likeness (QED) is 0.565. The largest absolute Gasteiger partial charge is 0.419 e. The lowest BCUT2D eigenvalue weighted by atomic mass is 10.2. The van der Waals surface area contributed by atoms with Crippen molar-refractivity contribution in [3.8, 4) is 22.8 Å². The van der Waals surface area contributed by atoms with Crippen molar-refractivity contribution in [2.45, 2.75) is 0 Å². The van der Waals surface area contributed by atoms with Crippen LogP contribution in [-0.2, 0) is 7.05 Å². The van der Waals surface area contributed by atoms with Crippen LogP contribution in [0.25, 0.3) is 33.9 Å². The van der Waals surface area contributed by atoms with Gasteiger partial charge in [-0.25, -0.2) is 13.6 Å². The molecule has 0 saturated carbocycles. The highest BCUT2D eigenvalue weighted by molar-refractivity contribution is 5.78. The first-order valence-corrected chi connectivity index (χ1v) is 6.92. The van der Waals surface area contributed by atoms with Gasteiger partial charge in [-0.1, -0.05) is 5.16 Å². The second kappa shape index (κ2) is 5.12. The smallest absolute Gasteiger partial charge is 0.408 e. The molecule has 2 aromatic heterocycles. The minimum Gasteiger partial charge on any atom is -0.408 e. The first-order chi connectivity index (χ1) is 11.5. The summed E-state index contributed by atoms with van der Waals surface area (Å²) in [6, 6.07) is 7.89. The fraction of sp³-hybridized carbons (Fsp3) is 0.0625. The number of benzene rings is 2. The molecule has 0 aliphatic rings. The summed E-state index contributed by atoms with van der Waals surface area (Å²) in [7, 11) is 1.59. The number of fused-ring (bicyclic) bond motifs is 1. The molecule has 0 aliphatic carbocycles. The molecule has 6 nitrogen and oxygen atoms in total. The Labute approximate surface area is 132 Å². The summed E-state index contributed by atoms with van der Waals surface area (Å²) < 4.78 is 38.5. The molecule has 2 aromatic carbocycles. The van der Waals surface area contributed by atoms with Gasteiger partial charge < -0.3 is 8.94 Å². The van der Waals surface area contributed by atoms with Crippen molar-refractivity contribution in [2.24, 2.45) is 7.05 Å². The number of nitrogens with zero attached hydrogens (tertiary/aromatic N) is 3. The standard InChI is InChI=1S/C16H9F2N3O3/c1-21-12-5-2-8(6-13(12)23-16(21)22)14-19-15(24-20-14)10-7-9(17)3-4-11(10)18/h2-7H,1H3. The van der Waals surface area contributed by atoms with Crippen LogP contribution in [0.1, 0.15) is 0 Å². The molecule has 0 aliphatic heterocycles. The zero-order valence-corrected chi connectivity index (χ0v) is 12.3. The van der Waals surface area contributed by atoms with Gasteiger partial charge in [0.1, 0.15) is 11.6 Å². The third kappa shape index (κ3) is 2.19. The molecule has 0 unspecified atom stereocenters. The van der Waals surface area contributed by atoms with Gasteiger partial charge in [0, 0.05) is 12.6 Å². The highest BCUT2D eigenvalue weighted by Crippen LogP contribution is 2.26. The van der Waals surface area contributed by atoms with Crippen LogP contribution in [0, 0.1) is 11.6 Å². The van der Waals surface area contributed by atoms with E-state index in [0.29, 0.717) is 16.7 Å². The molecule has 0 amide bonds. The molecule has 4 aromatic rings. The predicted octanol–water partition coefficient (Wildman–Crippen LogP) is 3.13. The summed E-state index contributed by atoms with van der Waals surface area (Å²) in [6.07, 6.45) is 0. The zero-order valence-electron chi connectivity index (χ0n) is 12.3. The van der Waals surface area contributed by atoms with E-state index in [4.69, 9.17) is 8.94 Å². The van der Waals surface area contributed by atoms with E-state index in [2.05, 4.69) is 10.1 Å². The van der Waals surface area contributed by atoms with Crippen LogP contribution in [0.2, 0.25) is 0 Å². The first-order valence-electron chi connectivity index (χ1n) is 6.92. The van der Waals surface area contributed by atoms with E-state index in [0.717, 1.165) is 18.2 Å². The fourth-order valence-electron chi connectivity index (χ4n) is 2.38. The highest BCUT2D eigenvalue weighted by atomic mass is 19.1. The Morgan fingerprint density at radius 1 is 1.12 bits per heavy atom. The van der Waals surface area contributed by atoms with Gasteiger partial charge in [-0.3, -0.25) is 4.57 Å². The van der Waals surface area contributed by atoms with Crippen molar-refractivity contribution in [2.75, 3.05) is 0 Å². The van der Waals surface area contributed by atoms with Gasteiger partial charge in [-0.15, -0.1) is 0 Å². The van der Waals surface area contributed by atoms with Gasteiger partial charge in [-0.2, -0.15) is 4.98 Å². The van der Waals surface area contributed by atoms with E-state index in [1.54, 1.807) is 25.2 Å². The van der Waals surface area contributed by atoms with Gasteiger partial charge in [0.15, 0.2) is 5.58 Å². The van der Waals surface area contributed by atoms with Gasteiger partial charge in [0.05, 0.1) is 11.1 Å². The molecule has 0 bridgehead atoms. The second-order valence-corrected chi connectivity index (χ2v) is 5.16. The Kier molecular flexibility index (Phi) is 3.05. The Balaban J connectivity index is 1.80. The third-order valence-corrected chi connectivity index (χ3v) is 3.64. The molecule has 24 heavy (non-hydrogen) atoms. The van der Waals surface area contributed by atoms with Crippen LogP contribution in [0.15, 0.2) is 50.1 Å². The molecule has 0 radical (unpaired) electrons. The molecular weight excluding hydrogens is 320 g/mol. The van der Waals surface area contributed by atoms with E-state index in [-0.39, 0.29) is 17.3 Å². The molecule has 120 valence electrons. The van der Waals surface area contributed by atoms with Crippen LogP contribution < -0.4 is 5.76 Å². The lowest BCUT2D eigenvalue weighted by Crippen LogP contribution is -2.08. The maximum absolute atomic E-state index is 13.8. The molecule has 4 rings (SSSR count). The summed E-state index contributed by atoms with van der Waals surface area (Å²) in [6.45, 7) is 0. The summed E-state index contributed by atoms with van der Waals surface area (Å²) in [5.74, 6) is -1.74. The Morgan fingerprint density at radius 2 is 1.96 bits per heavy atom. The second-order valence-electron chi connectivity index (χ2n) is 5.16. The lowest BCUT2D eigenvalue weighted by molar-refractivity contribution is 0.429. The van der Waals surface area contributed by atoms with Gasteiger partial charge >= 0.3 is 5.76 Å². The normalized spacial score (nSPS) is 11.3. The van der Waals surface area contributed by atoms with Gasteiger partial charge in [0.2, 0.25) is 5.82 Å². The SMILES string of the molecule is Cn1c(=O)oc2cc(-c3noc(-c4cc(F)ccc4F)n3)ccc21. The number of hydrogen-bond acceptors (Lipinski definition) is 5. The van der Waals surface area contributed by atoms with Crippen molar-refractivity contribution >= 4 is 11.1 Å². The molecule has 0 spiro atoms. The molecule has 0 saturated heterocycles. The molecular formula is C16H9F2N3O3. The number of aryl methyl sites for hydroxylation is 1. The van der Waals surface area contributed by atoms with E-state index >= 15 is 0 Å². The molecule has 2 heterocycles. The topological polar surface area (TPSA) is 74.1 Å².